The molecule has 16 heavy (non-hydrogen) atoms. The first-order chi connectivity index (χ1) is 7.70. The number of hydrogen-bond donors (Lipinski definition) is 0. The van der Waals surface area contributed by atoms with Gasteiger partial charge in [0.15, 0.2) is 0 Å². The van der Waals surface area contributed by atoms with E-state index in [4.69, 9.17) is 0 Å². The molecule has 1 heterocycles. The summed E-state index contributed by atoms with van der Waals surface area (Å²) in [5.41, 5.74) is 3.60. The van der Waals surface area contributed by atoms with E-state index >= 15 is 0 Å². The van der Waals surface area contributed by atoms with E-state index in [1.54, 1.807) is 12.1 Å². The Balaban J connectivity index is 2.41. The molecule has 0 bridgehead atoms. The second-order valence-electron chi connectivity index (χ2n) is 3.56. The van der Waals surface area contributed by atoms with Crippen molar-refractivity contribution in [2.45, 2.75) is 13.8 Å². The van der Waals surface area contributed by atoms with Crippen LogP contribution in [-0.2, 0) is 4.79 Å². The number of aryl methyl sites for hydroxylation is 2. The lowest BCUT2D eigenvalue weighted by Gasteiger charge is -2.03. The van der Waals surface area contributed by atoms with Crippen LogP contribution in [0.5, 0.6) is 0 Å². The molecule has 2 aromatic rings. The molecule has 0 aliphatic rings. The SMILES string of the molecule is Cc1cc(C)n(-c2ccc(N=C=O)cc2)n1. The number of aromatic nitrogens is 2. The average molecular weight is 213 g/mol. The van der Waals surface area contributed by atoms with Crippen molar-refractivity contribution < 1.29 is 4.79 Å². The summed E-state index contributed by atoms with van der Waals surface area (Å²) in [4.78, 5) is 13.6. The number of hydrogen-bond acceptors (Lipinski definition) is 3. The normalized spacial score (nSPS) is 9.88. The minimum absolute atomic E-state index is 0.597. The van der Waals surface area contributed by atoms with Crippen LogP contribution < -0.4 is 0 Å². The maximum atomic E-state index is 10.1. The van der Waals surface area contributed by atoms with Crippen LogP contribution in [0.25, 0.3) is 5.69 Å². The Morgan fingerprint density at radius 1 is 1.25 bits per heavy atom. The molecular formula is C12H11N3O. The van der Waals surface area contributed by atoms with Crippen molar-refractivity contribution in [1.29, 1.82) is 0 Å². The molecular weight excluding hydrogens is 202 g/mol. The van der Waals surface area contributed by atoms with Crippen LogP contribution >= 0.6 is 0 Å². The van der Waals surface area contributed by atoms with Crippen LogP contribution in [0, 0.1) is 13.8 Å². The molecule has 0 aliphatic heterocycles. The maximum Gasteiger partial charge on any atom is 0.240 e. The molecule has 0 aliphatic carbocycles. The fourth-order valence-corrected chi connectivity index (χ4v) is 1.61. The quantitative estimate of drug-likeness (QED) is 0.568. The van der Waals surface area contributed by atoms with Gasteiger partial charge in [-0.2, -0.15) is 10.1 Å². The van der Waals surface area contributed by atoms with E-state index in [1.807, 2.05) is 36.7 Å². The molecule has 2 rings (SSSR count). The molecule has 0 fully saturated rings. The minimum atomic E-state index is 0.597. The van der Waals surface area contributed by atoms with Gasteiger partial charge in [-0.3, -0.25) is 0 Å². The number of benzene rings is 1. The lowest BCUT2D eigenvalue weighted by molar-refractivity contribution is 0.565. The second-order valence-corrected chi connectivity index (χ2v) is 3.56. The van der Waals surface area contributed by atoms with Gasteiger partial charge in [0, 0.05) is 5.69 Å². The highest BCUT2D eigenvalue weighted by Gasteiger charge is 2.02. The van der Waals surface area contributed by atoms with Gasteiger partial charge < -0.3 is 0 Å². The Morgan fingerprint density at radius 3 is 2.44 bits per heavy atom. The number of isocyanates is 1. The fraction of sp³-hybridized carbons (Fsp3) is 0.167. The number of nitrogens with zero attached hydrogens (tertiary/aromatic N) is 3. The van der Waals surface area contributed by atoms with Gasteiger partial charge in [0.2, 0.25) is 6.08 Å². The fourth-order valence-electron chi connectivity index (χ4n) is 1.61. The van der Waals surface area contributed by atoms with Crippen molar-refractivity contribution >= 4 is 11.8 Å². The summed E-state index contributed by atoms with van der Waals surface area (Å²) < 4.78 is 1.85. The third-order valence-corrected chi connectivity index (χ3v) is 2.28. The average Bonchev–Trinajstić information content (AvgIpc) is 2.59. The van der Waals surface area contributed by atoms with Crippen LogP contribution in [0.4, 0.5) is 5.69 Å². The summed E-state index contributed by atoms with van der Waals surface area (Å²) in [5.74, 6) is 0. The molecule has 0 saturated carbocycles. The highest BCUT2D eigenvalue weighted by Crippen LogP contribution is 2.16. The van der Waals surface area contributed by atoms with Gasteiger partial charge in [-0.05, 0) is 44.2 Å². The zero-order chi connectivity index (χ0) is 11.5. The molecule has 0 radical (unpaired) electrons. The number of carbonyl (C=O) groups excluding carboxylic acids is 1. The third-order valence-electron chi connectivity index (χ3n) is 2.28. The van der Waals surface area contributed by atoms with Gasteiger partial charge in [0.05, 0.1) is 17.1 Å². The van der Waals surface area contributed by atoms with Gasteiger partial charge >= 0.3 is 0 Å². The molecule has 4 heteroatoms. The van der Waals surface area contributed by atoms with Gasteiger partial charge in [-0.15, -0.1) is 0 Å². The largest absolute Gasteiger partial charge is 0.240 e. The second kappa shape index (κ2) is 4.13. The monoisotopic (exact) mass is 213 g/mol. The lowest BCUT2D eigenvalue weighted by atomic mass is 10.3. The molecule has 1 aromatic heterocycles. The van der Waals surface area contributed by atoms with Crippen LogP contribution in [0.2, 0.25) is 0 Å². The predicted molar refractivity (Wildman–Crippen MR) is 60.8 cm³/mol. The topological polar surface area (TPSA) is 47.2 Å². The summed E-state index contributed by atoms with van der Waals surface area (Å²) in [7, 11) is 0. The molecule has 0 unspecified atom stereocenters. The molecule has 0 amide bonds. The first-order valence-corrected chi connectivity index (χ1v) is 4.92. The van der Waals surface area contributed by atoms with Crippen LogP contribution in [-0.4, -0.2) is 15.9 Å². The lowest BCUT2D eigenvalue weighted by Crippen LogP contribution is -1.98. The van der Waals surface area contributed by atoms with Crippen LogP contribution in [0.3, 0.4) is 0 Å². The van der Waals surface area contributed by atoms with Gasteiger partial charge in [0.25, 0.3) is 0 Å². The maximum absolute atomic E-state index is 10.1. The number of rotatable bonds is 2. The first kappa shape index (κ1) is 10.3. The molecule has 4 nitrogen and oxygen atoms in total. The van der Waals surface area contributed by atoms with Crippen molar-refractivity contribution in [3.05, 3.63) is 41.7 Å². The van der Waals surface area contributed by atoms with Gasteiger partial charge in [-0.1, -0.05) is 0 Å². The molecule has 1 aromatic carbocycles. The van der Waals surface area contributed by atoms with Crippen molar-refractivity contribution in [3.8, 4) is 5.69 Å². The van der Waals surface area contributed by atoms with Gasteiger partial charge in [-0.25, -0.2) is 9.48 Å². The zero-order valence-electron chi connectivity index (χ0n) is 9.14. The Kier molecular flexibility index (Phi) is 2.66. The van der Waals surface area contributed by atoms with Crippen LogP contribution in [0.1, 0.15) is 11.4 Å². The van der Waals surface area contributed by atoms with E-state index in [-0.39, 0.29) is 0 Å². The first-order valence-electron chi connectivity index (χ1n) is 4.92. The summed E-state index contributed by atoms with van der Waals surface area (Å²) >= 11 is 0. The Bertz CT molecular complexity index is 548. The molecule has 80 valence electrons. The predicted octanol–water partition coefficient (Wildman–Crippen LogP) is 2.46. The number of aliphatic imine (C=N–C) groups is 1. The summed E-state index contributed by atoms with van der Waals surface area (Å²) in [5, 5.41) is 4.36. The van der Waals surface area contributed by atoms with E-state index in [9.17, 15) is 4.79 Å². The van der Waals surface area contributed by atoms with Crippen molar-refractivity contribution in [2.75, 3.05) is 0 Å². The molecule has 0 atom stereocenters. The Labute approximate surface area is 93.2 Å². The van der Waals surface area contributed by atoms with E-state index < -0.39 is 0 Å². The molecule has 0 spiro atoms. The van der Waals surface area contributed by atoms with E-state index in [2.05, 4.69) is 10.1 Å². The Morgan fingerprint density at radius 2 is 1.94 bits per heavy atom. The highest BCUT2D eigenvalue weighted by atomic mass is 16.1. The van der Waals surface area contributed by atoms with Gasteiger partial charge in [0.1, 0.15) is 0 Å². The van der Waals surface area contributed by atoms with E-state index in [0.717, 1.165) is 17.1 Å². The Hall–Kier alpha value is -2.19. The van der Waals surface area contributed by atoms with Crippen molar-refractivity contribution in [2.24, 2.45) is 4.99 Å². The summed E-state index contributed by atoms with van der Waals surface area (Å²) in [6.07, 6.45) is 1.51. The highest BCUT2D eigenvalue weighted by molar-refractivity contribution is 5.51. The van der Waals surface area contributed by atoms with E-state index in [1.165, 1.54) is 6.08 Å². The molecule has 0 N–H and O–H groups in total. The smallest absolute Gasteiger partial charge is 0.238 e. The summed E-state index contributed by atoms with van der Waals surface area (Å²) in [6, 6.07) is 9.27. The van der Waals surface area contributed by atoms with Crippen LogP contribution in [0.15, 0.2) is 35.3 Å². The molecule has 0 saturated heterocycles. The van der Waals surface area contributed by atoms with Crippen molar-refractivity contribution in [1.82, 2.24) is 9.78 Å². The minimum Gasteiger partial charge on any atom is -0.238 e. The zero-order valence-corrected chi connectivity index (χ0v) is 9.14. The van der Waals surface area contributed by atoms with Crippen molar-refractivity contribution in [3.63, 3.8) is 0 Å². The summed E-state index contributed by atoms with van der Waals surface area (Å²) in [6.45, 7) is 3.95. The van der Waals surface area contributed by atoms with E-state index in [0.29, 0.717) is 5.69 Å². The third kappa shape index (κ3) is 1.92. The standard InChI is InChI=1S/C12H11N3O/c1-9-7-10(2)15(14-9)12-5-3-11(4-6-12)13-8-16/h3-7H,1-2H3.